The van der Waals surface area contributed by atoms with Crippen LogP contribution < -0.4 is 14.5 Å². The molecule has 240 valence electrons. The molecule has 4 aliphatic rings. The van der Waals surface area contributed by atoms with Gasteiger partial charge in [-0.3, -0.25) is 19.2 Å². The molecule has 0 aromatic heterocycles. The van der Waals surface area contributed by atoms with Crippen LogP contribution in [0.25, 0.3) is 0 Å². The van der Waals surface area contributed by atoms with E-state index >= 15 is 0 Å². The third kappa shape index (κ3) is 4.27. The van der Waals surface area contributed by atoms with Crippen molar-refractivity contribution < 1.29 is 44.0 Å². The zero-order chi connectivity index (χ0) is 33.5. The predicted molar refractivity (Wildman–Crippen MR) is 171 cm³/mol. The molecule has 6 unspecified atom stereocenters. The number of carbonyl (C=O) groups is 5. The minimum Gasteiger partial charge on any atom is -0.507 e. The first kappa shape index (κ1) is 30.7. The summed E-state index contributed by atoms with van der Waals surface area (Å²) in [6.07, 6.45) is 2.23. The lowest BCUT2D eigenvalue weighted by molar-refractivity contribution is -0.131. The quantitative estimate of drug-likeness (QED) is 0.246. The van der Waals surface area contributed by atoms with Crippen LogP contribution in [0.2, 0.25) is 0 Å². The van der Waals surface area contributed by atoms with Crippen LogP contribution in [0.4, 0.5) is 11.4 Å². The van der Waals surface area contributed by atoms with Crippen LogP contribution in [0.1, 0.15) is 41.6 Å². The second kappa shape index (κ2) is 10.8. The minimum atomic E-state index is -1.36. The van der Waals surface area contributed by atoms with Gasteiger partial charge in [0.1, 0.15) is 11.3 Å². The van der Waals surface area contributed by atoms with E-state index < -0.39 is 70.4 Å². The number of carboxylic acids is 1. The molecular weight excluding hydrogens is 672 g/mol. The number of phenolic OH excluding ortho intramolecular Hbond substituents is 1. The molecular formula is C35H29BrN2O9. The van der Waals surface area contributed by atoms with Crippen molar-refractivity contribution in [1.82, 2.24) is 0 Å². The van der Waals surface area contributed by atoms with Crippen molar-refractivity contribution in [2.45, 2.75) is 25.7 Å². The van der Waals surface area contributed by atoms with E-state index in [-0.39, 0.29) is 35.6 Å². The Kier molecular flexibility index (Phi) is 7.05. The minimum absolute atomic E-state index is 0.0465. The lowest BCUT2D eigenvalue weighted by atomic mass is 9.51. The largest absolute Gasteiger partial charge is 0.507 e. The number of halogens is 1. The lowest BCUT2D eigenvalue weighted by Crippen LogP contribution is -2.48. The average molecular weight is 702 g/mol. The Balaban J connectivity index is 1.37. The first-order chi connectivity index (χ1) is 22.4. The van der Waals surface area contributed by atoms with E-state index in [1.165, 1.54) is 18.1 Å². The topological polar surface area (TPSA) is 162 Å². The second-order valence-corrected chi connectivity index (χ2v) is 13.4. The Morgan fingerprint density at radius 1 is 0.915 bits per heavy atom. The number of anilines is 2. The van der Waals surface area contributed by atoms with Crippen molar-refractivity contribution in [3.8, 4) is 17.2 Å². The molecule has 3 N–H and O–H groups in total. The Bertz CT molecular complexity index is 1940. The van der Waals surface area contributed by atoms with E-state index in [0.717, 1.165) is 22.6 Å². The van der Waals surface area contributed by atoms with Crippen LogP contribution in [0, 0.1) is 29.1 Å². The number of methoxy groups -OCH3 is 1. The zero-order valence-corrected chi connectivity index (χ0v) is 26.8. The summed E-state index contributed by atoms with van der Waals surface area (Å²) in [5, 5.41) is 30.3. The van der Waals surface area contributed by atoms with Gasteiger partial charge in [-0.1, -0.05) is 29.8 Å². The maximum absolute atomic E-state index is 14.5. The monoisotopic (exact) mass is 700 g/mol. The molecule has 3 aromatic carbocycles. The number of allylic oxidation sites excluding steroid dienone is 2. The number of amides is 4. The van der Waals surface area contributed by atoms with Crippen LogP contribution >= 0.6 is 15.9 Å². The highest BCUT2D eigenvalue weighted by Gasteiger charge is 2.67. The van der Waals surface area contributed by atoms with Crippen molar-refractivity contribution in [2.75, 3.05) is 16.9 Å². The van der Waals surface area contributed by atoms with Crippen molar-refractivity contribution >= 4 is 56.9 Å². The normalized spacial score (nSPS) is 28.1. The SMILES string of the molecule is COc1cc(C2C3=CCC4C(=O)N(c5ccc(C(=O)O)c(O)c5)C(=O)C4C3CC3C(=O)N(c4ccccc4)C(=O)C32C)cc(Br)c1O. The molecule has 2 aliphatic carbocycles. The number of hydrogen-bond donors (Lipinski definition) is 3. The standard InChI is InChI=1S/C35H29BrN2O9/c1-35-23(31(42)38(34(35)46)17-6-4-3-5-7-17)15-22-19(28(35)16-12-24(36)29(40)26(13-16)47-2)10-11-21-27(22)32(43)37(30(21)41)18-8-9-20(33(44)45)25(39)14-18/h3-10,12-14,21-23,27-28,39-40H,11,15H2,1-2H3,(H,44,45). The van der Waals surface area contributed by atoms with Crippen LogP contribution in [0.5, 0.6) is 17.2 Å². The number of fused-ring (bicyclic) bond motifs is 4. The smallest absolute Gasteiger partial charge is 0.339 e. The third-order valence-electron chi connectivity index (χ3n) is 10.4. The van der Waals surface area contributed by atoms with Crippen LogP contribution in [-0.2, 0) is 19.2 Å². The molecule has 0 bridgehead atoms. The van der Waals surface area contributed by atoms with E-state index in [2.05, 4.69) is 15.9 Å². The van der Waals surface area contributed by atoms with Crippen molar-refractivity contribution in [2.24, 2.45) is 29.1 Å². The molecule has 2 heterocycles. The number of rotatable bonds is 5. The lowest BCUT2D eigenvalue weighted by Gasteiger charge is -2.49. The van der Waals surface area contributed by atoms with Gasteiger partial charge in [0, 0.05) is 12.0 Å². The van der Waals surface area contributed by atoms with Gasteiger partial charge in [-0.05, 0) is 83.6 Å². The van der Waals surface area contributed by atoms with Gasteiger partial charge in [-0.15, -0.1) is 0 Å². The van der Waals surface area contributed by atoms with E-state index in [1.54, 1.807) is 49.4 Å². The van der Waals surface area contributed by atoms with Gasteiger partial charge >= 0.3 is 5.97 Å². The van der Waals surface area contributed by atoms with E-state index in [4.69, 9.17) is 4.74 Å². The van der Waals surface area contributed by atoms with Gasteiger partial charge in [-0.2, -0.15) is 0 Å². The fourth-order valence-corrected chi connectivity index (χ4v) is 8.69. The molecule has 1 saturated carbocycles. The maximum atomic E-state index is 14.5. The summed E-state index contributed by atoms with van der Waals surface area (Å²) < 4.78 is 5.77. The van der Waals surface area contributed by atoms with Gasteiger partial charge in [0.25, 0.3) is 0 Å². The molecule has 6 atom stereocenters. The molecule has 11 nitrogen and oxygen atoms in total. The molecule has 0 spiro atoms. The highest BCUT2D eigenvalue weighted by atomic mass is 79.9. The highest BCUT2D eigenvalue weighted by Crippen LogP contribution is 2.64. The molecule has 3 aromatic rings. The van der Waals surface area contributed by atoms with Gasteiger partial charge in [-0.25, -0.2) is 14.6 Å². The molecule has 47 heavy (non-hydrogen) atoms. The van der Waals surface area contributed by atoms with Gasteiger partial charge in [0.05, 0.1) is 46.1 Å². The van der Waals surface area contributed by atoms with Crippen LogP contribution in [0.3, 0.4) is 0 Å². The number of ether oxygens (including phenoxy) is 1. The maximum Gasteiger partial charge on any atom is 0.339 e. The fourth-order valence-electron chi connectivity index (χ4n) is 8.23. The summed E-state index contributed by atoms with van der Waals surface area (Å²) in [6, 6.07) is 15.5. The van der Waals surface area contributed by atoms with E-state index in [0.29, 0.717) is 15.7 Å². The van der Waals surface area contributed by atoms with Crippen molar-refractivity contribution in [3.63, 3.8) is 0 Å². The Morgan fingerprint density at radius 2 is 1.64 bits per heavy atom. The highest BCUT2D eigenvalue weighted by molar-refractivity contribution is 9.10. The second-order valence-electron chi connectivity index (χ2n) is 12.6. The van der Waals surface area contributed by atoms with Crippen LogP contribution in [-0.4, -0.2) is 52.0 Å². The van der Waals surface area contributed by atoms with E-state index in [1.807, 2.05) is 6.08 Å². The molecule has 7 rings (SSSR count). The summed E-state index contributed by atoms with van der Waals surface area (Å²) >= 11 is 3.40. The summed E-state index contributed by atoms with van der Waals surface area (Å²) in [6.45, 7) is 1.77. The number of nitrogens with zero attached hydrogens (tertiary/aromatic N) is 2. The molecule has 12 heteroatoms. The first-order valence-electron chi connectivity index (χ1n) is 15.0. The van der Waals surface area contributed by atoms with Crippen molar-refractivity contribution in [1.29, 1.82) is 0 Å². The fraction of sp³-hybridized carbons (Fsp3) is 0.286. The third-order valence-corrected chi connectivity index (χ3v) is 11.0. The first-order valence-corrected chi connectivity index (χ1v) is 15.8. The van der Waals surface area contributed by atoms with E-state index in [9.17, 15) is 39.3 Å². The predicted octanol–water partition coefficient (Wildman–Crippen LogP) is 5.00. The zero-order valence-electron chi connectivity index (χ0n) is 25.2. The average Bonchev–Trinajstić information content (AvgIpc) is 3.41. The van der Waals surface area contributed by atoms with Gasteiger partial charge in [0.15, 0.2) is 11.5 Å². The number of para-hydroxylation sites is 1. The number of phenols is 2. The molecule has 2 aliphatic heterocycles. The molecule has 0 radical (unpaired) electrons. The Morgan fingerprint density at radius 3 is 2.30 bits per heavy atom. The summed E-state index contributed by atoms with van der Waals surface area (Å²) in [5.74, 6) is -7.53. The Hall–Kier alpha value is -4.97. The number of carbonyl (C=O) groups excluding carboxylic acids is 4. The summed E-state index contributed by atoms with van der Waals surface area (Å²) in [7, 11) is 1.41. The molecule has 2 saturated heterocycles. The number of benzene rings is 3. The van der Waals surface area contributed by atoms with Crippen molar-refractivity contribution in [3.05, 3.63) is 87.9 Å². The van der Waals surface area contributed by atoms with Gasteiger partial charge < -0.3 is 20.1 Å². The number of aromatic hydroxyl groups is 2. The summed E-state index contributed by atoms with van der Waals surface area (Å²) in [4.78, 5) is 70.5. The van der Waals surface area contributed by atoms with Gasteiger partial charge in [0.2, 0.25) is 23.6 Å². The van der Waals surface area contributed by atoms with Crippen LogP contribution in [0.15, 0.2) is 76.8 Å². The molecule has 3 fully saturated rings. The number of aromatic carboxylic acids is 1. The summed E-state index contributed by atoms with van der Waals surface area (Å²) in [5.41, 5.74) is 0.156. The molecule has 4 amide bonds. The number of carboxylic acid groups (broad SMARTS) is 1. The number of imide groups is 2. The number of hydrogen-bond acceptors (Lipinski definition) is 8. The Labute approximate surface area is 277 Å².